The van der Waals surface area contributed by atoms with Gasteiger partial charge in [-0.05, 0) is 0 Å². The molecule has 0 rings (SSSR count). The summed E-state index contributed by atoms with van der Waals surface area (Å²) >= 11 is 2.99. The van der Waals surface area contributed by atoms with E-state index in [4.69, 9.17) is 0 Å². The monoisotopic (exact) mass is 234 g/mol. The molecule has 0 aliphatic rings. The van der Waals surface area contributed by atoms with Crippen LogP contribution in [0.2, 0.25) is 9.95 Å². The minimum absolute atomic E-state index is 0.797. The molecule has 0 fully saturated rings. The van der Waals surface area contributed by atoms with Crippen LogP contribution >= 0.6 is 13.6 Å². The maximum atomic E-state index is 3.79. The Labute approximate surface area is 64.4 Å². The van der Waals surface area contributed by atoms with Gasteiger partial charge in [-0.2, -0.15) is 0 Å². The van der Waals surface area contributed by atoms with Gasteiger partial charge in [0.05, 0.1) is 0 Å². The van der Waals surface area contributed by atoms with Crippen LogP contribution < -0.4 is 0 Å². The third kappa shape index (κ3) is 5.26. The van der Waals surface area contributed by atoms with E-state index in [2.05, 4.69) is 27.4 Å². The molecule has 0 aliphatic carbocycles. The number of hydrogen-bond donors (Lipinski definition) is 0. The second kappa shape index (κ2) is 6.24. The van der Waals surface area contributed by atoms with Crippen molar-refractivity contribution < 1.29 is 0 Å². The molecule has 8 heavy (non-hydrogen) atoms. The van der Waals surface area contributed by atoms with Crippen LogP contribution in [-0.4, -0.2) is 14.2 Å². The van der Waals surface area contributed by atoms with E-state index in [1.807, 2.05) is 0 Å². The molecule has 0 N–H and O–H groups in total. The van der Waals surface area contributed by atoms with Gasteiger partial charge < -0.3 is 0 Å². The first-order valence-corrected chi connectivity index (χ1v) is 12.5. The normalized spacial score (nSPS) is 9.38. The van der Waals surface area contributed by atoms with E-state index >= 15 is 0 Å². The summed E-state index contributed by atoms with van der Waals surface area (Å²) in [5.74, 6) is 0. The average molecular weight is 236 g/mol. The summed E-state index contributed by atoms with van der Waals surface area (Å²) in [5, 5.41) is 0. The van der Waals surface area contributed by atoms with Crippen LogP contribution in [0.15, 0.2) is 0 Å². The Balaban J connectivity index is 2.92. The third-order valence-corrected chi connectivity index (χ3v) is 11.0. The van der Waals surface area contributed by atoms with Crippen molar-refractivity contribution in [3.63, 3.8) is 0 Å². The summed E-state index contributed by atoms with van der Waals surface area (Å²) in [4.78, 5) is 3.03. The molecular formula is C6H14BrGa. The molecule has 0 amide bonds. The van der Waals surface area contributed by atoms with Gasteiger partial charge in [0.1, 0.15) is 0 Å². The summed E-state index contributed by atoms with van der Waals surface area (Å²) in [5.41, 5.74) is 0. The summed E-state index contributed by atoms with van der Waals surface area (Å²) in [6.45, 7) is 4.55. The Kier molecular flexibility index (Phi) is 7.11. The molecular weight excluding hydrogens is 222 g/mol. The van der Waals surface area contributed by atoms with Crippen molar-refractivity contribution in [2.75, 3.05) is 0 Å². The zero-order chi connectivity index (χ0) is 6.41. The number of halogens is 1. The molecule has 0 unspecified atom stereocenters. The third-order valence-electron chi connectivity index (χ3n) is 1.20. The van der Waals surface area contributed by atoms with Crippen LogP contribution in [0, 0.1) is 0 Å². The van der Waals surface area contributed by atoms with Crippen LogP contribution in [0.5, 0.6) is 0 Å². The van der Waals surface area contributed by atoms with Crippen molar-refractivity contribution in [2.24, 2.45) is 0 Å². The van der Waals surface area contributed by atoms with E-state index in [-0.39, 0.29) is 0 Å². The molecule has 0 spiro atoms. The van der Waals surface area contributed by atoms with Gasteiger partial charge in [-0.15, -0.1) is 0 Å². The van der Waals surface area contributed by atoms with Crippen molar-refractivity contribution >= 4 is 27.8 Å². The van der Waals surface area contributed by atoms with Gasteiger partial charge in [0.2, 0.25) is 0 Å². The van der Waals surface area contributed by atoms with Gasteiger partial charge in [-0.3, -0.25) is 0 Å². The first kappa shape index (κ1) is 9.12. The molecule has 0 aromatic carbocycles. The van der Waals surface area contributed by atoms with Crippen LogP contribution in [0.1, 0.15) is 26.7 Å². The summed E-state index contributed by atoms with van der Waals surface area (Å²) in [6, 6.07) is 0. The Bertz CT molecular complexity index is 41.8. The molecule has 0 saturated heterocycles. The second-order valence-corrected chi connectivity index (χ2v) is 13.8. The van der Waals surface area contributed by atoms with E-state index in [1.54, 1.807) is 0 Å². The molecule has 0 heterocycles. The van der Waals surface area contributed by atoms with Crippen LogP contribution in [0.3, 0.4) is 0 Å². The zero-order valence-corrected chi connectivity index (χ0v) is 9.79. The predicted molar refractivity (Wildman–Crippen MR) is 44.9 cm³/mol. The number of hydrogen-bond acceptors (Lipinski definition) is 0. The number of rotatable bonds is 4. The van der Waals surface area contributed by atoms with Gasteiger partial charge in [0, 0.05) is 0 Å². The molecule has 0 aromatic heterocycles. The quantitative estimate of drug-likeness (QED) is 0.657. The van der Waals surface area contributed by atoms with Crippen molar-refractivity contribution in [1.29, 1.82) is 0 Å². The van der Waals surface area contributed by atoms with Crippen LogP contribution in [0.4, 0.5) is 0 Å². The van der Waals surface area contributed by atoms with E-state index < -0.39 is 14.2 Å². The van der Waals surface area contributed by atoms with Crippen LogP contribution in [-0.2, 0) is 0 Å². The molecule has 0 saturated carbocycles. The molecule has 0 nitrogen and oxygen atoms in total. The summed E-state index contributed by atoms with van der Waals surface area (Å²) in [6.07, 6.45) is 2.77. The van der Waals surface area contributed by atoms with E-state index in [0.29, 0.717) is 0 Å². The SMILES string of the molecule is CC[CH2][Ga]([Br])[CH2]CC. The van der Waals surface area contributed by atoms with Crippen molar-refractivity contribution in [3.05, 3.63) is 0 Å². The van der Waals surface area contributed by atoms with Gasteiger partial charge in [-0.25, -0.2) is 0 Å². The standard InChI is InChI=1S/2C3H7.BrH.Ga/c2*1-3-2;;/h2*1,3H2,2H3;1H;/q;;;+1/p-1. The predicted octanol–water partition coefficient (Wildman–Crippen LogP) is 3.19. The molecule has 0 radical (unpaired) electrons. The molecule has 0 bridgehead atoms. The average Bonchev–Trinajstić information content (AvgIpc) is 1.68. The first-order chi connectivity index (χ1) is 3.81. The summed E-state index contributed by atoms with van der Waals surface area (Å²) < 4.78 is 0. The molecule has 0 aliphatic heterocycles. The Morgan fingerprint density at radius 1 is 1.12 bits per heavy atom. The maximum absolute atomic E-state index is 3.79. The fourth-order valence-electron chi connectivity index (χ4n) is 0.771. The van der Waals surface area contributed by atoms with Gasteiger partial charge in [0.25, 0.3) is 0 Å². The fraction of sp³-hybridized carbons (Fsp3) is 1.00. The van der Waals surface area contributed by atoms with Gasteiger partial charge in [0.15, 0.2) is 0 Å². The molecule has 0 aromatic rings. The fourth-order valence-corrected chi connectivity index (χ4v) is 8.76. The van der Waals surface area contributed by atoms with Crippen molar-refractivity contribution in [3.8, 4) is 0 Å². The van der Waals surface area contributed by atoms with E-state index in [1.165, 1.54) is 22.8 Å². The summed E-state index contributed by atoms with van der Waals surface area (Å²) in [7, 11) is 0. The zero-order valence-electron chi connectivity index (χ0n) is 5.78. The van der Waals surface area contributed by atoms with Gasteiger partial charge >= 0.3 is 64.4 Å². The van der Waals surface area contributed by atoms with E-state index in [9.17, 15) is 0 Å². The minimum atomic E-state index is -0.797. The topological polar surface area (TPSA) is 0 Å². The Morgan fingerprint density at radius 3 is 1.75 bits per heavy atom. The second-order valence-electron chi connectivity index (χ2n) is 2.17. The first-order valence-electron chi connectivity index (χ1n) is 3.45. The molecule has 48 valence electrons. The van der Waals surface area contributed by atoms with Gasteiger partial charge in [-0.1, -0.05) is 0 Å². The molecule has 0 atom stereocenters. The molecule has 2 heteroatoms. The van der Waals surface area contributed by atoms with Crippen molar-refractivity contribution in [2.45, 2.75) is 36.6 Å². The van der Waals surface area contributed by atoms with Crippen molar-refractivity contribution in [1.82, 2.24) is 0 Å². The van der Waals surface area contributed by atoms with Crippen LogP contribution in [0.25, 0.3) is 0 Å². The Morgan fingerprint density at radius 2 is 1.50 bits per heavy atom. The van der Waals surface area contributed by atoms with E-state index in [0.717, 1.165) is 0 Å². The Hall–Kier alpha value is 1.12.